The highest BCUT2D eigenvalue weighted by molar-refractivity contribution is 7.99. The topological polar surface area (TPSA) is 84.9 Å². The molecule has 1 aliphatic rings. The zero-order valence-electron chi connectivity index (χ0n) is 19.7. The summed E-state index contributed by atoms with van der Waals surface area (Å²) in [7, 11) is 0. The third-order valence-corrected chi connectivity index (χ3v) is 6.91. The lowest BCUT2D eigenvalue weighted by Gasteiger charge is -2.17. The second kappa shape index (κ2) is 11.8. The maximum Gasteiger partial charge on any atom is 0.341 e. The highest BCUT2D eigenvalue weighted by atomic mass is 32.2. The summed E-state index contributed by atoms with van der Waals surface area (Å²) in [5.74, 6) is 0.549. The first-order valence-corrected chi connectivity index (χ1v) is 12.5. The number of carboxylic acid groups (broad SMARTS) is 1. The summed E-state index contributed by atoms with van der Waals surface area (Å²) < 4.78 is 11.3. The number of nitrogens with one attached hydrogen (secondary N) is 1. The Balaban J connectivity index is 1.40. The van der Waals surface area contributed by atoms with Crippen molar-refractivity contribution in [2.45, 2.75) is 48.3 Å². The third kappa shape index (κ3) is 7.02. The smallest absolute Gasteiger partial charge is 0.341 e. The highest BCUT2D eigenvalue weighted by Crippen LogP contribution is 2.41. The number of benzene rings is 3. The van der Waals surface area contributed by atoms with Gasteiger partial charge in [-0.2, -0.15) is 0 Å². The van der Waals surface area contributed by atoms with E-state index in [1.54, 1.807) is 11.8 Å². The summed E-state index contributed by atoms with van der Waals surface area (Å²) in [5.41, 5.74) is 2.77. The van der Waals surface area contributed by atoms with Gasteiger partial charge in [-0.25, -0.2) is 4.79 Å². The van der Waals surface area contributed by atoms with E-state index in [-0.39, 0.29) is 19.1 Å². The molecule has 4 rings (SSSR count). The molecule has 182 valence electrons. The number of aryl methyl sites for hydroxylation is 1. The van der Waals surface area contributed by atoms with Crippen LogP contribution in [0.25, 0.3) is 0 Å². The van der Waals surface area contributed by atoms with Gasteiger partial charge in [-0.3, -0.25) is 4.79 Å². The van der Waals surface area contributed by atoms with Crippen LogP contribution in [0.3, 0.4) is 0 Å². The minimum atomic E-state index is -0.976. The number of anilines is 1. The summed E-state index contributed by atoms with van der Waals surface area (Å²) >= 11 is 1.64. The van der Waals surface area contributed by atoms with E-state index in [1.165, 1.54) is 12.8 Å². The number of para-hydroxylation sites is 1. The molecule has 7 heteroatoms. The van der Waals surface area contributed by atoms with Crippen molar-refractivity contribution in [2.24, 2.45) is 0 Å². The molecule has 0 aromatic heterocycles. The van der Waals surface area contributed by atoms with Gasteiger partial charge in [0.05, 0.1) is 0 Å². The molecule has 0 atom stereocenters. The van der Waals surface area contributed by atoms with Gasteiger partial charge in [0.1, 0.15) is 11.5 Å². The maximum atomic E-state index is 12.2. The van der Waals surface area contributed by atoms with Gasteiger partial charge in [-0.15, -0.1) is 0 Å². The van der Waals surface area contributed by atoms with E-state index in [0.29, 0.717) is 17.4 Å². The Kier molecular flexibility index (Phi) is 8.32. The number of carbonyl (C=O) groups is 2. The maximum absolute atomic E-state index is 12.2. The number of carboxylic acids is 1. The summed E-state index contributed by atoms with van der Waals surface area (Å²) in [6.45, 7) is 1.56. The minimum absolute atomic E-state index is 0.0647. The average molecular weight is 492 g/mol. The first-order chi connectivity index (χ1) is 17.0. The molecule has 0 bridgehead atoms. The number of amides is 1. The standard InChI is InChI=1S/C28H29NO5S/c1-19-15-22(11-13-25(19)33-17-27(30)29-21-9-3-2-4-10-21)35-23-12-14-26(34-18-28(31)32)24(16-23)20-7-5-6-8-20/h2-4,9-16,20H,5-8,17-18H2,1H3,(H,29,30)(H,31,32). The monoisotopic (exact) mass is 491 g/mol. The Morgan fingerprint density at radius 1 is 0.914 bits per heavy atom. The fourth-order valence-electron chi connectivity index (χ4n) is 4.26. The minimum Gasteiger partial charge on any atom is -0.483 e. The molecule has 3 aromatic rings. The van der Waals surface area contributed by atoms with Crippen LogP contribution in [0.15, 0.2) is 76.5 Å². The van der Waals surface area contributed by atoms with Crippen molar-refractivity contribution >= 4 is 29.3 Å². The van der Waals surface area contributed by atoms with Crippen molar-refractivity contribution in [3.8, 4) is 11.5 Å². The normalized spacial score (nSPS) is 13.4. The van der Waals surface area contributed by atoms with Gasteiger partial charge in [-0.05, 0) is 85.3 Å². The molecule has 6 nitrogen and oxygen atoms in total. The van der Waals surface area contributed by atoms with Gasteiger partial charge in [-0.1, -0.05) is 42.8 Å². The molecular formula is C28H29NO5S. The molecule has 1 amide bonds. The largest absolute Gasteiger partial charge is 0.483 e. The second-order valence-corrected chi connectivity index (χ2v) is 9.74. The second-order valence-electron chi connectivity index (χ2n) is 8.60. The van der Waals surface area contributed by atoms with Crippen LogP contribution in [0.1, 0.15) is 42.7 Å². The van der Waals surface area contributed by atoms with Crippen LogP contribution >= 0.6 is 11.8 Å². The van der Waals surface area contributed by atoms with Gasteiger partial charge >= 0.3 is 5.97 Å². The number of hydrogen-bond acceptors (Lipinski definition) is 5. The van der Waals surface area contributed by atoms with Crippen molar-refractivity contribution in [3.05, 3.63) is 77.9 Å². The zero-order valence-corrected chi connectivity index (χ0v) is 20.5. The van der Waals surface area contributed by atoms with Gasteiger partial charge in [0, 0.05) is 15.5 Å². The van der Waals surface area contributed by atoms with Crippen LogP contribution in [0.4, 0.5) is 5.69 Å². The van der Waals surface area contributed by atoms with Crippen molar-refractivity contribution in [1.29, 1.82) is 0 Å². The van der Waals surface area contributed by atoms with Gasteiger partial charge < -0.3 is 19.9 Å². The zero-order chi connectivity index (χ0) is 24.6. The lowest BCUT2D eigenvalue weighted by molar-refractivity contribution is -0.139. The summed E-state index contributed by atoms with van der Waals surface area (Å²) in [5, 5.41) is 11.8. The molecule has 0 spiro atoms. The summed E-state index contributed by atoms with van der Waals surface area (Å²) in [4.78, 5) is 25.3. The van der Waals surface area contributed by atoms with E-state index >= 15 is 0 Å². The molecule has 0 aliphatic heterocycles. The molecule has 1 saturated carbocycles. The fourth-order valence-corrected chi connectivity index (χ4v) is 5.23. The van der Waals surface area contributed by atoms with Crippen LogP contribution in [-0.2, 0) is 9.59 Å². The fraction of sp³-hybridized carbons (Fsp3) is 0.286. The molecule has 0 unspecified atom stereocenters. The van der Waals surface area contributed by atoms with Crippen LogP contribution in [-0.4, -0.2) is 30.2 Å². The van der Waals surface area contributed by atoms with Crippen molar-refractivity contribution in [2.75, 3.05) is 18.5 Å². The number of aliphatic carboxylic acids is 1. The molecule has 0 heterocycles. The van der Waals surface area contributed by atoms with Gasteiger partial charge in [0.25, 0.3) is 5.91 Å². The van der Waals surface area contributed by atoms with Crippen LogP contribution in [0, 0.1) is 6.92 Å². The van der Waals surface area contributed by atoms with Crippen molar-refractivity contribution < 1.29 is 24.2 Å². The highest BCUT2D eigenvalue weighted by Gasteiger charge is 2.22. The van der Waals surface area contributed by atoms with E-state index in [2.05, 4.69) is 11.4 Å². The molecule has 1 fully saturated rings. The van der Waals surface area contributed by atoms with E-state index in [1.807, 2.05) is 67.6 Å². The number of hydrogen-bond donors (Lipinski definition) is 2. The van der Waals surface area contributed by atoms with Crippen LogP contribution in [0.2, 0.25) is 0 Å². The van der Waals surface area contributed by atoms with E-state index < -0.39 is 5.97 Å². The van der Waals surface area contributed by atoms with E-state index in [4.69, 9.17) is 14.6 Å². The lowest BCUT2D eigenvalue weighted by atomic mass is 9.97. The molecule has 3 aromatic carbocycles. The molecule has 0 saturated heterocycles. The average Bonchev–Trinajstić information content (AvgIpc) is 3.38. The quantitative estimate of drug-likeness (QED) is 0.347. The molecule has 1 aliphatic carbocycles. The summed E-state index contributed by atoms with van der Waals surface area (Å²) in [6.07, 6.45) is 4.57. The predicted molar refractivity (Wildman–Crippen MR) is 137 cm³/mol. The number of ether oxygens (including phenoxy) is 2. The van der Waals surface area contributed by atoms with Crippen LogP contribution in [0.5, 0.6) is 11.5 Å². The molecule has 2 N–H and O–H groups in total. The summed E-state index contributed by atoms with van der Waals surface area (Å²) in [6, 6.07) is 21.2. The number of carbonyl (C=O) groups excluding carboxylic acids is 1. The Hall–Kier alpha value is -3.45. The molecular weight excluding hydrogens is 462 g/mol. The Labute approximate surface area is 209 Å². The van der Waals surface area contributed by atoms with E-state index in [0.717, 1.165) is 39.4 Å². The Bertz CT molecular complexity index is 1180. The first-order valence-electron chi connectivity index (χ1n) is 11.7. The molecule has 0 radical (unpaired) electrons. The van der Waals surface area contributed by atoms with Crippen molar-refractivity contribution in [1.82, 2.24) is 0 Å². The van der Waals surface area contributed by atoms with Gasteiger partial charge in [0.15, 0.2) is 13.2 Å². The van der Waals surface area contributed by atoms with Crippen molar-refractivity contribution in [3.63, 3.8) is 0 Å². The Morgan fingerprint density at radius 3 is 2.26 bits per heavy atom. The van der Waals surface area contributed by atoms with Gasteiger partial charge in [0.2, 0.25) is 0 Å². The molecule has 35 heavy (non-hydrogen) atoms. The Morgan fingerprint density at radius 2 is 1.57 bits per heavy atom. The first kappa shape index (κ1) is 24.7. The predicted octanol–water partition coefficient (Wildman–Crippen LogP) is 6.28. The van der Waals surface area contributed by atoms with Crippen LogP contribution < -0.4 is 14.8 Å². The SMILES string of the molecule is Cc1cc(Sc2ccc(OCC(=O)O)c(C3CCCC3)c2)ccc1OCC(=O)Nc1ccccc1. The lowest BCUT2D eigenvalue weighted by Crippen LogP contribution is -2.20. The van der Waals surface area contributed by atoms with E-state index in [9.17, 15) is 9.59 Å². The number of rotatable bonds is 10. The third-order valence-electron chi connectivity index (χ3n) is 5.93.